The lowest BCUT2D eigenvalue weighted by Crippen LogP contribution is -2.19. The quantitative estimate of drug-likeness (QED) is 0.431. The summed E-state index contributed by atoms with van der Waals surface area (Å²) in [7, 11) is 0. The Morgan fingerprint density at radius 1 is 1.10 bits per heavy atom. The fourth-order valence-electron chi connectivity index (χ4n) is 4.00. The van der Waals surface area contributed by atoms with E-state index < -0.39 is 0 Å². The first kappa shape index (κ1) is 19.2. The van der Waals surface area contributed by atoms with Crippen LogP contribution in [0.1, 0.15) is 43.1 Å². The Balaban J connectivity index is 1.54. The van der Waals surface area contributed by atoms with Gasteiger partial charge in [-0.3, -0.25) is 0 Å². The molecule has 0 N–H and O–H groups in total. The molecule has 0 unspecified atom stereocenters. The predicted octanol–water partition coefficient (Wildman–Crippen LogP) is 3.61. The summed E-state index contributed by atoms with van der Waals surface area (Å²) in [6.07, 6.45) is 10.3. The molecule has 5 rings (SSSR count). The number of fused-ring (bicyclic) bond motifs is 1. The molecular weight excluding hydrogens is 444 g/mol. The van der Waals surface area contributed by atoms with Gasteiger partial charge in [-0.2, -0.15) is 10.1 Å². The van der Waals surface area contributed by atoms with Gasteiger partial charge in [0.25, 0.3) is 0 Å². The second-order valence-corrected chi connectivity index (χ2v) is 8.37. The third kappa shape index (κ3) is 3.47. The number of halogens is 1. The molecule has 4 aromatic rings. The van der Waals surface area contributed by atoms with Gasteiger partial charge < -0.3 is 4.90 Å². The highest BCUT2D eigenvalue weighted by molar-refractivity contribution is 9.10. The number of aromatic nitrogens is 7. The van der Waals surface area contributed by atoms with Gasteiger partial charge in [-0.25, -0.2) is 19.2 Å². The van der Waals surface area contributed by atoms with Crippen LogP contribution in [-0.2, 0) is 12.8 Å². The second kappa shape index (κ2) is 8.14. The summed E-state index contributed by atoms with van der Waals surface area (Å²) in [6, 6.07) is 5.88. The molecule has 1 fully saturated rings. The minimum Gasteiger partial charge on any atom is -0.340 e. The molecule has 9 heteroatoms. The Kier molecular flexibility index (Phi) is 5.20. The molecule has 0 aromatic carbocycles. The van der Waals surface area contributed by atoms with Crippen LogP contribution >= 0.6 is 15.9 Å². The van der Waals surface area contributed by atoms with Crippen molar-refractivity contribution in [2.24, 2.45) is 0 Å². The minimum atomic E-state index is 0.654. The number of rotatable bonds is 6. The zero-order valence-electron chi connectivity index (χ0n) is 16.9. The van der Waals surface area contributed by atoms with E-state index in [9.17, 15) is 0 Å². The van der Waals surface area contributed by atoms with Crippen LogP contribution in [0.25, 0.3) is 11.5 Å². The van der Waals surface area contributed by atoms with Crippen molar-refractivity contribution in [1.29, 1.82) is 0 Å². The Labute approximate surface area is 183 Å². The fraction of sp³-hybridized carbons (Fsp3) is 0.381. The van der Waals surface area contributed by atoms with Crippen LogP contribution in [0.5, 0.6) is 0 Å². The van der Waals surface area contributed by atoms with E-state index in [-0.39, 0.29) is 0 Å². The molecule has 1 saturated heterocycles. The number of aryl methyl sites for hydroxylation is 1. The summed E-state index contributed by atoms with van der Waals surface area (Å²) in [5.41, 5.74) is 4.11. The number of hydrogen-bond donors (Lipinski definition) is 0. The maximum absolute atomic E-state index is 4.89. The molecule has 0 saturated carbocycles. The fourth-order valence-corrected chi connectivity index (χ4v) is 4.42. The van der Waals surface area contributed by atoms with Gasteiger partial charge in [0.15, 0.2) is 11.5 Å². The molecule has 0 bridgehead atoms. The number of nitrogens with zero attached hydrogens (tertiary/aromatic N) is 8. The van der Waals surface area contributed by atoms with Crippen molar-refractivity contribution in [3.05, 3.63) is 58.3 Å². The highest BCUT2D eigenvalue weighted by Gasteiger charge is 2.20. The maximum Gasteiger partial charge on any atom is 0.245 e. The van der Waals surface area contributed by atoms with Crippen molar-refractivity contribution >= 4 is 27.5 Å². The highest BCUT2D eigenvalue weighted by Crippen LogP contribution is 2.24. The third-order valence-corrected chi connectivity index (χ3v) is 6.08. The van der Waals surface area contributed by atoms with E-state index in [4.69, 9.17) is 9.97 Å². The molecule has 0 atom stereocenters. The Morgan fingerprint density at radius 3 is 2.77 bits per heavy atom. The first-order chi connectivity index (χ1) is 14.7. The first-order valence-corrected chi connectivity index (χ1v) is 11.2. The van der Waals surface area contributed by atoms with E-state index in [1.165, 1.54) is 12.8 Å². The van der Waals surface area contributed by atoms with E-state index >= 15 is 0 Å². The normalized spacial score (nSPS) is 14.1. The number of pyridine rings is 1. The molecule has 5 heterocycles. The van der Waals surface area contributed by atoms with Gasteiger partial charge in [0, 0.05) is 37.5 Å². The second-order valence-electron chi connectivity index (χ2n) is 7.51. The van der Waals surface area contributed by atoms with Gasteiger partial charge in [-0.1, -0.05) is 13.3 Å². The van der Waals surface area contributed by atoms with E-state index in [2.05, 4.69) is 42.9 Å². The topological polar surface area (TPSA) is 77.0 Å². The maximum atomic E-state index is 4.89. The van der Waals surface area contributed by atoms with E-state index in [0.717, 1.165) is 64.8 Å². The Morgan fingerprint density at radius 2 is 1.97 bits per heavy atom. The standard InChI is InChI=1S/C21H23BrN8/c1-2-6-16-18(13-15-8-10-25-30(15)20-17(22)7-5-9-23-20)24-14-29-19(16)26-21(27-29)28-11-3-4-12-28/h5,7-10,14H,2-4,6,11-13H2,1H3. The van der Waals surface area contributed by atoms with E-state index in [1.54, 1.807) is 18.7 Å². The van der Waals surface area contributed by atoms with Crippen LogP contribution in [0, 0.1) is 0 Å². The molecule has 0 amide bonds. The SMILES string of the molecule is CCCc1c(Cc2ccnn2-c2ncccc2Br)ncn2nc(N3CCCC3)nc12. The lowest BCUT2D eigenvalue weighted by Gasteiger charge is -2.11. The molecule has 0 aliphatic carbocycles. The first-order valence-electron chi connectivity index (χ1n) is 10.4. The predicted molar refractivity (Wildman–Crippen MR) is 118 cm³/mol. The lowest BCUT2D eigenvalue weighted by molar-refractivity contribution is 0.773. The van der Waals surface area contributed by atoms with Gasteiger partial charge in [-0.05, 0) is 53.4 Å². The van der Waals surface area contributed by atoms with E-state index in [0.29, 0.717) is 6.42 Å². The van der Waals surface area contributed by atoms with Crippen LogP contribution in [0.3, 0.4) is 0 Å². The van der Waals surface area contributed by atoms with Crippen LogP contribution in [0.4, 0.5) is 5.95 Å². The van der Waals surface area contributed by atoms with Crippen molar-refractivity contribution < 1.29 is 0 Å². The van der Waals surface area contributed by atoms with Gasteiger partial charge >= 0.3 is 0 Å². The van der Waals surface area contributed by atoms with Gasteiger partial charge in [-0.15, -0.1) is 5.10 Å². The van der Waals surface area contributed by atoms with Crippen LogP contribution in [0.15, 0.2) is 41.4 Å². The molecular formula is C21H23BrN8. The summed E-state index contributed by atoms with van der Waals surface area (Å²) in [5.74, 6) is 1.58. The monoisotopic (exact) mass is 466 g/mol. The summed E-state index contributed by atoms with van der Waals surface area (Å²) in [6.45, 7) is 4.23. The van der Waals surface area contributed by atoms with Crippen LogP contribution in [0.2, 0.25) is 0 Å². The smallest absolute Gasteiger partial charge is 0.245 e. The number of anilines is 1. The average Bonchev–Trinajstić information content (AvgIpc) is 3.50. The molecule has 8 nitrogen and oxygen atoms in total. The van der Waals surface area contributed by atoms with Gasteiger partial charge in [0.2, 0.25) is 5.95 Å². The number of hydrogen-bond acceptors (Lipinski definition) is 6. The third-order valence-electron chi connectivity index (χ3n) is 5.46. The largest absolute Gasteiger partial charge is 0.340 e. The molecule has 4 aromatic heterocycles. The molecule has 1 aliphatic rings. The molecule has 1 aliphatic heterocycles. The zero-order chi connectivity index (χ0) is 20.5. The van der Waals surface area contributed by atoms with Crippen molar-refractivity contribution in [3.8, 4) is 5.82 Å². The Bertz CT molecular complexity index is 1170. The summed E-state index contributed by atoms with van der Waals surface area (Å²) >= 11 is 3.58. The zero-order valence-corrected chi connectivity index (χ0v) is 18.5. The minimum absolute atomic E-state index is 0.654. The molecule has 154 valence electrons. The lowest BCUT2D eigenvalue weighted by atomic mass is 10.1. The van der Waals surface area contributed by atoms with Crippen molar-refractivity contribution in [3.63, 3.8) is 0 Å². The highest BCUT2D eigenvalue weighted by atomic mass is 79.9. The molecule has 30 heavy (non-hydrogen) atoms. The summed E-state index contributed by atoms with van der Waals surface area (Å²) in [4.78, 5) is 16.4. The van der Waals surface area contributed by atoms with Crippen LogP contribution in [-0.4, -0.2) is 47.4 Å². The summed E-state index contributed by atoms with van der Waals surface area (Å²) < 4.78 is 4.60. The van der Waals surface area contributed by atoms with Crippen molar-refractivity contribution in [2.45, 2.75) is 39.0 Å². The van der Waals surface area contributed by atoms with Crippen LogP contribution < -0.4 is 4.90 Å². The van der Waals surface area contributed by atoms with Gasteiger partial charge in [0.1, 0.15) is 6.33 Å². The molecule has 0 radical (unpaired) electrons. The Hall–Kier alpha value is -2.81. The van der Waals surface area contributed by atoms with E-state index in [1.807, 2.05) is 27.4 Å². The summed E-state index contributed by atoms with van der Waals surface area (Å²) in [5, 5.41) is 9.18. The van der Waals surface area contributed by atoms with Crippen molar-refractivity contribution in [2.75, 3.05) is 18.0 Å². The van der Waals surface area contributed by atoms with Crippen molar-refractivity contribution in [1.82, 2.24) is 34.3 Å². The average molecular weight is 467 g/mol. The molecule has 0 spiro atoms. The van der Waals surface area contributed by atoms with Gasteiger partial charge in [0.05, 0.1) is 15.9 Å².